The van der Waals surface area contributed by atoms with Crippen LogP contribution in [0.5, 0.6) is 0 Å². The van der Waals surface area contributed by atoms with Crippen LogP contribution in [0.1, 0.15) is 348 Å². The molecule has 0 aromatic rings. The molecule has 0 N–H and O–H groups in total. The van der Waals surface area contributed by atoms with Crippen LogP contribution in [0.4, 0.5) is 0 Å². The fraction of sp³-hybridized carbons (Fsp3) is 0.770. The Morgan fingerprint density at radius 2 is 0.487 bits per heavy atom. The van der Waals surface area contributed by atoms with E-state index in [1.807, 2.05) is 0 Å². The molecule has 0 aromatic carbocycles. The minimum absolute atomic E-state index is 0.0784. The number of carbonyl (C=O) groups is 3. The summed E-state index contributed by atoms with van der Waals surface area (Å²) in [7, 11) is 0. The van der Waals surface area contributed by atoms with Gasteiger partial charge in [-0.05, 0) is 116 Å². The van der Waals surface area contributed by atoms with Gasteiger partial charge in [-0.2, -0.15) is 0 Å². The molecule has 6 heteroatoms. The molecule has 0 fully saturated rings. The maximum atomic E-state index is 13.0. The summed E-state index contributed by atoms with van der Waals surface area (Å²) in [5, 5.41) is 0. The maximum Gasteiger partial charge on any atom is 0.306 e. The second-order valence-electron chi connectivity index (χ2n) is 23.1. The number of hydrogen-bond acceptors (Lipinski definition) is 6. The van der Waals surface area contributed by atoms with Gasteiger partial charge < -0.3 is 14.2 Å². The van der Waals surface area contributed by atoms with Gasteiger partial charge in [-0.3, -0.25) is 14.4 Å². The van der Waals surface area contributed by atoms with Crippen molar-refractivity contribution < 1.29 is 28.6 Å². The maximum absolute atomic E-state index is 13.0. The highest BCUT2D eigenvalue weighted by Crippen LogP contribution is 2.17. The normalized spacial score (nSPS) is 12.6. The lowest BCUT2D eigenvalue weighted by Gasteiger charge is -2.18. The summed E-state index contributed by atoms with van der Waals surface area (Å²) in [6.45, 7) is 6.54. The zero-order valence-corrected chi connectivity index (χ0v) is 53.1. The Balaban J connectivity index is 4.35. The van der Waals surface area contributed by atoms with E-state index in [1.54, 1.807) is 0 Å². The highest BCUT2D eigenvalue weighted by molar-refractivity contribution is 5.71. The molecule has 0 aliphatic rings. The molecule has 0 amide bonds. The highest BCUT2D eigenvalue weighted by Gasteiger charge is 2.19. The first kappa shape index (κ1) is 76.6. The monoisotopic (exact) mass is 1110 g/mol. The average Bonchev–Trinajstić information content (AvgIpc) is 3.46. The summed E-state index contributed by atoms with van der Waals surface area (Å²) < 4.78 is 17.0. The van der Waals surface area contributed by atoms with Crippen LogP contribution in [-0.2, 0) is 28.6 Å². The number of unbranched alkanes of at least 4 members (excludes halogenated alkanes) is 38. The predicted molar refractivity (Wildman–Crippen MR) is 348 cm³/mol. The molecule has 0 aliphatic heterocycles. The van der Waals surface area contributed by atoms with Crippen LogP contribution in [0.15, 0.2) is 85.1 Å². The first-order chi connectivity index (χ1) is 39.5. The molecule has 0 aromatic heterocycles. The Kier molecular flexibility index (Phi) is 65.2. The average molecular weight is 1120 g/mol. The third-order valence-corrected chi connectivity index (χ3v) is 15.1. The van der Waals surface area contributed by atoms with Gasteiger partial charge in [0, 0.05) is 19.3 Å². The van der Waals surface area contributed by atoms with E-state index in [1.165, 1.54) is 218 Å². The lowest BCUT2D eigenvalue weighted by molar-refractivity contribution is -0.167. The van der Waals surface area contributed by atoms with Crippen molar-refractivity contribution in [3.05, 3.63) is 85.1 Å². The van der Waals surface area contributed by atoms with Crippen LogP contribution in [0, 0.1) is 0 Å². The predicted octanol–water partition coefficient (Wildman–Crippen LogP) is 23.8. The first-order valence-electron chi connectivity index (χ1n) is 34.6. The molecule has 0 rings (SSSR count). The van der Waals surface area contributed by atoms with E-state index in [-0.39, 0.29) is 31.1 Å². The van der Waals surface area contributed by atoms with Crippen LogP contribution in [0.2, 0.25) is 0 Å². The molecule has 6 nitrogen and oxygen atoms in total. The molecule has 1 unspecified atom stereocenters. The van der Waals surface area contributed by atoms with Gasteiger partial charge in [0.2, 0.25) is 0 Å². The lowest BCUT2D eigenvalue weighted by Crippen LogP contribution is -2.30. The fourth-order valence-corrected chi connectivity index (χ4v) is 9.93. The van der Waals surface area contributed by atoms with E-state index >= 15 is 0 Å². The van der Waals surface area contributed by atoms with Gasteiger partial charge in [0.25, 0.3) is 0 Å². The summed E-state index contributed by atoms with van der Waals surface area (Å²) >= 11 is 0. The van der Waals surface area contributed by atoms with Crippen LogP contribution in [-0.4, -0.2) is 37.2 Å². The number of ether oxygens (including phenoxy) is 3. The van der Waals surface area contributed by atoms with Crippen molar-refractivity contribution in [2.75, 3.05) is 13.2 Å². The molecule has 1 atom stereocenters. The Bertz CT molecular complexity index is 1520. The van der Waals surface area contributed by atoms with Crippen LogP contribution >= 0.6 is 0 Å². The van der Waals surface area contributed by atoms with Crippen molar-refractivity contribution in [2.45, 2.75) is 354 Å². The van der Waals surface area contributed by atoms with E-state index in [4.69, 9.17) is 14.2 Å². The van der Waals surface area contributed by atoms with Gasteiger partial charge in [0.1, 0.15) is 13.2 Å². The summed E-state index contributed by atoms with van der Waals surface area (Å²) in [5.41, 5.74) is 0. The van der Waals surface area contributed by atoms with Gasteiger partial charge in [-0.1, -0.05) is 298 Å². The lowest BCUT2D eigenvalue weighted by atomic mass is 10.0. The van der Waals surface area contributed by atoms with Gasteiger partial charge in [0.15, 0.2) is 6.10 Å². The van der Waals surface area contributed by atoms with E-state index < -0.39 is 6.10 Å². The van der Waals surface area contributed by atoms with Gasteiger partial charge in [-0.15, -0.1) is 0 Å². The molecule has 0 heterocycles. The van der Waals surface area contributed by atoms with Crippen molar-refractivity contribution in [1.82, 2.24) is 0 Å². The van der Waals surface area contributed by atoms with Crippen LogP contribution in [0.3, 0.4) is 0 Å². The van der Waals surface area contributed by atoms with Gasteiger partial charge in [-0.25, -0.2) is 0 Å². The smallest absolute Gasteiger partial charge is 0.306 e. The van der Waals surface area contributed by atoms with Gasteiger partial charge in [0.05, 0.1) is 0 Å². The Hall–Kier alpha value is -3.41. The highest BCUT2D eigenvalue weighted by atomic mass is 16.6. The SMILES string of the molecule is CC/C=C\C/C=C\C/C=C\C/C=C\CCCCCCCCCCCCCCC(=O)OCC(COC(=O)CCCCCCCCC/C=C\CCCCCCCCC)OC(=O)CCCCCCCCCCC/C=C\C/C=C\CCCCC. The molecule has 80 heavy (non-hydrogen) atoms. The molecule has 0 saturated heterocycles. The Morgan fingerprint density at radius 3 is 0.800 bits per heavy atom. The quantitative estimate of drug-likeness (QED) is 0.0261. The van der Waals surface area contributed by atoms with Crippen molar-refractivity contribution in [3.8, 4) is 0 Å². The van der Waals surface area contributed by atoms with Crippen LogP contribution in [0.25, 0.3) is 0 Å². The molecule has 0 radical (unpaired) electrons. The number of carbonyl (C=O) groups excluding carboxylic acids is 3. The summed E-state index contributed by atoms with van der Waals surface area (Å²) in [5.74, 6) is -0.871. The third kappa shape index (κ3) is 65.4. The van der Waals surface area contributed by atoms with Gasteiger partial charge >= 0.3 is 17.9 Å². The summed E-state index contributed by atoms with van der Waals surface area (Å²) in [6, 6.07) is 0. The van der Waals surface area contributed by atoms with Crippen molar-refractivity contribution in [1.29, 1.82) is 0 Å². The molecule has 0 spiro atoms. The molecule has 0 aliphatic carbocycles. The van der Waals surface area contributed by atoms with Crippen LogP contribution < -0.4 is 0 Å². The largest absolute Gasteiger partial charge is 0.462 e. The second kappa shape index (κ2) is 68.1. The summed E-state index contributed by atoms with van der Waals surface area (Å²) in [4.78, 5) is 38.5. The number of rotatable bonds is 63. The second-order valence-corrected chi connectivity index (χ2v) is 23.1. The zero-order valence-electron chi connectivity index (χ0n) is 53.1. The number of esters is 3. The van der Waals surface area contributed by atoms with E-state index in [0.717, 1.165) is 89.9 Å². The topological polar surface area (TPSA) is 78.9 Å². The van der Waals surface area contributed by atoms with E-state index in [2.05, 4.69) is 106 Å². The fourth-order valence-electron chi connectivity index (χ4n) is 9.93. The minimum Gasteiger partial charge on any atom is -0.462 e. The Labute approximate surface area is 496 Å². The minimum atomic E-state index is -0.783. The first-order valence-corrected chi connectivity index (χ1v) is 34.6. The van der Waals surface area contributed by atoms with Crippen molar-refractivity contribution >= 4 is 17.9 Å². The molecule has 0 saturated carbocycles. The van der Waals surface area contributed by atoms with Crippen molar-refractivity contribution in [2.24, 2.45) is 0 Å². The molecule has 0 bridgehead atoms. The standard InChI is InChI=1S/C74H130O6/c1-4-7-10-13-16-19-22-25-28-31-34-35-36-37-38-39-41-43-46-49-52-55-58-61-64-67-73(76)79-70-71(69-78-72(75)66-63-60-57-54-51-48-45-42-33-30-27-24-21-18-15-12-9-6-3)80-74(77)68-65-62-59-56-53-50-47-44-40-32-29-26-23-20-17-14-11-8-5-2/h7,10,16-17,19-20,25-26,28-30,33-35,71H,4-6,8-9,11-15,18,21-24,27,31-32,36-70H2,1-3H3/b10-7-,19-16-,20-17-,28-25-,29-26-,33-30-,35-34-. The molecule has 462 valence electrons. The van der Waals surface area contributed by atoms with E-state index in [9.17, 15) is 14.4 Å². The summed E-state index contributed by atoms with van der Waals surface area (Å²) in [6.07, 6.45) is 90.2. The number of hydrogen-bond donors (Lipinski definition) is 0. The van der Waals surface area contributed by atoms with E-state index in [0.29, 0.717) is 19.3 Å². The Morgan fingerprint density at radius 1 is 0.263 bits per heavy atom. The molecular formula is C74H130O6. The third-order valence-electron chi connectivity index (χ3n) is 15.1. The van der Waals surface area contributed by atoms with Crippen molar-refractivity contribution in [3.63, 3.8) is 0 Å². The molecular weight excluding hydrogens is 985 g/mol. The number of allylic oxidation sites excluding steroid dienone is 14. The zero-order chi connectivity index (χ0) is 57.8.